The summed E-state index contributed by atoms with van der Waals surface area (Å²) in [7, 11) is 0. The minimum atomic E-state index is 0.719. The predicted octanol–water partition coefficient (Wildman–Crippen LogP) is 6.00. The smallest absolute Gasteiger partial charge is 0.0579 e. The number of rotatable bonds is 5. The molecule has 16 heavy (non-hydrogen) atoms. The molecule has 0 aliphatic carbocycles. The van der Waals surface area contributed by atoms with Crippen LogP contribution in [0.2, 0.25) is 5.02 Å². The quantitative estimate of drug-likeness (QED) is 0.461. The first kappa shape index (κ1) is 13.8. The molecule has 0 heterocycles. The van der Waals surface area contributed by atoms with Crippen molar-refractivity contribution in [2.45, 2.75) is 19.3 Å². The van der Waals surface area contributed by atoms with Crippen LogP contribution < -0.4 is 0 Å². The van der Waals surface area contributed by atoms with Crippen LogP contribution in [-0.2, 0) is 0 Å². The fraction of sp³-hybridized carbons (Fsp3) is 0.231. The van der Waals surface area contributed by atoms with Gasteiger partial charge in [0.25, 0.3) is 0 Å². The van der Waals surface area contributed by atoms with E-state index in [0.29, 0.717) is 0 Å². The van der Waals surface area contributed by atoms with Gasteiger partial charge in [0.15, 0.2) is 0 Å². The van der Waals surface area contributed by atoms with Crippen LogP contribution in [0.1, 0.15) is 24.8 Å². The minimum Gasteiger partial charge on any atom is -0.103 e. The summed E-state index contributed by atoms with van der Waals surface area (Å²) in [6, 6.07) is 7.51. The Labute approximate surface area is 115 Å². The number of benzene rings is 1. The Hall–Kier alpha value is -0.240. The highest BCUT2D eigenvalue weighted by molar-refractivity contribution is 9.11. The van der Waals surface area contributed by atoms with E-state index in [1.54, 1.807) is 0 Å². The SMILES string of the molecule is C=CCCC/C(Br)=C(/Cl)c1ccc(Cl)cc1. The van der Waals surface area contributed by atoms with E-state index in [0.717, 1.165) is 39.4 Å². The third-order valence-electron chi connectivity index (χ3n) is 2.14. The second-order valence-corrected chi connectivity index (χ2v) is 5.18. The summed E-state index contributed by atoms with van der Waals surface area (Å²) < 4.78 is 1.03. The van der Waals surface area contributed by atoms with E-state index in [9.17, 15) is 0 Å². The van der Waals surface area contributed by atoms with E-state index < -0.39 is 0 Å². The van der Waals surface area contributed by atoms with E-state index in [-0.39, 0.29) is 0 Å². The van der Waals surface area contributed by atoms with Gasteiger partial charge < -0.3 is 0 Å². The lowest BCUT2D eigenvalue weighted by Gasteiger charge is -2.04. The minimum absolute atomic E-state index is 0.719. The second-order valence-electron chi connectivity index (χ2n) is 3.41. The Balaban J connectivity index is 2.73. The van der Waals surface area contributed by atoms with Crippen LogP contribution in [0.25, 0.3) is 5.03 Å². The monoisotopic (exact) mass is 318 g/mol. The van der Waals surface area contributed by atoms with Crippen molar-refractivity contribution in [1.82, 2.24) is 0 Å². The molecule has 0 radical (unpaired) electrons. The van der Waals surface area contributed by atoms with E-state index in [2.05, 4.69) is 22.5 Å². The zero-order valence-corrected chi connectivity index (χ0v) is 11.9. The third-order valence-corrected chi connectivity index (χ3v) is 3.86. The Morgan fingerprint density at radius 2 is 1.94 bits per heavy atom. The van der Waals surface area contributed by atoms with Crippen molar-refractivity contribution >= 4 is 44.2 Å². The summed E-state index contributed by atoms with van der Waals surface area (Å²) in [5.41, 5.74) is 0.983. The molecule has 1 aromatic rings. The van der Waals surface area contributed by atoms with Gasteiger partial charge in [-0.05, 0) is 37.0 Å². The van der Waals surface area contributed by atoms with Crippen molar-refractivity contribution in [1.29, 1.82) is 0 Å². The molecule has 1 aromatic carbocycles. The summed E-state index contributed by atoms with van der Waals surface area (Å²) in [6.45, 7) is 3.69. The summed E-state index contributed by atoms with van der Waals surface area (Å²) in [5, 5.41) is 1.47. The van der Waals surface area contributed by atoms with E-state index in [1.807, 2.05) is 30.3 Å². The Morgan fingerprint density at radius 1 is 1.31 bits per heavy atom. The molecule has 0 N–H and O–H groups in total. The molecule has 0 aliphatic heterocycles. The standard InChI is InChI=1S/C13H13BrCl2/c1-2-3-4-5-12(14)13(16)10-6-8-11(15)9-7-10/h2,6-9H,1,3-5H2/b13-12-. The lowest BCUT2D eigenvalue weighted by Crippen LogP contribution is -1.82. The maximum Gasteiger partial charge on any atom is 0.0579 e. The molecule has 0 saturated carbocycles. The molecule has 0 atom stereocenters. The first-order chi connectivity index (χ1) is 7.65. The van der Waals surface area contributed by atoms with E-state index in [4.69, 9.17) is 23.2 Å². The average molecular weight is 320 g/mol. The molecule has 1 rings (SSSR count). The van der Waals surface area contributed by atoms with Gasteiger partial charge in [-0.3, -0.25) is 0 Å². The molecule has 0 unspecified atom stereocenters. The topological polar surface area (TPSA) is 0 Å². The number of unbranched alkanes of at least 4 members (excludes halogenated alkanes) is 1. The Bertz CT molecular complexity index is 379. The highest BCUT2D eigenvalue weighted by Crippen LogP contribution is 2.30. The molecule has 3 heteroatoms. The summed E-state index contributed by atoms with van der Waals surface area (Å²) in [4.78, 5) is 0. The Kier molecular flexibility index (Phi) is 6.18. The molecule has 86 valence electrons. The van der Waals surface area contributed by atoms with Gasteiger partial charge in [-0.2, -0.15) is 0 Å². The van der Waals surface area contributed by atoms with Gasteiger partial charge in [0.1, 0.15) is 0 Å². The van der Waals surface area contributed by atoms with Gasteiger partial charge in [-0.25, -0.2) is 0 Å². The Morgan fingerprint density at radius 3 is 2.50 bits per heavy atom. The lowest BCUT2D eigenvalue weighted by atomic mass is 10.1. The molecule has 0 nitrogen and oxygen atoms in total. The van der Waals surface area contributed by atoms with Gasteiger partial charge in [0.05, 0.1) is 5.03 Å². The number of allylic oxidation sites excluding steroid dienone is 2. The summed E-state index contributed by atoms with van der Waals surface area (Å²) in [5.74, 6) is 0. The number of hydrogen-bond acceptors (Lipinski definition) is 0. The van der Waals surface area contributed by atoms with Crippen LogP contribution in [-0.4, -0.2) is 0 Å². The van der Waals surface area contributed by atoms with Crippen molar-refractivity contribution in [2.75, 3.05) is 0 Å². The molecule has 0 amide bonds. The van der Waals surface area contributed by atoms with Gasteiger partial charge in [-0.1, -0.05) is 57.3 Å². The van der Waals surface area contributed by atoms with Crippen LogP contribution in [0.3, 0.4) is 0 Å². The maximum absolute atomic E-state index is 6.25. The summed E-state index contributed by atoms with van der Waals surface area (Å²) >= 11 is 15.6. The first-order valence-corrected chi connectivity index (χ1v) is 6.61. The van der Waals surface area contributed by atoms with Gasteiger partial charge >= 0.3 is 0 Å². The molecule has 0 fully saturated rings. The van der Waals surface area contributed by atoms with Crippen molar-refractivity contribution in [3.63, 3.8) is 0 Å². The van der Waals surface area contributed by atoms with Crippen molar-refractivity contribution in [3.8, 4) is 0 Å². The zero-order chi connectivity index (χ0) is 12.0. The number of hydrogen-bond donors (Lipinski definition) is 0. The maximum atomic E-state index is 6.25. The van der Waals surface area contributed by atoms with Crippen LogP contribution in [0.5, 0.6) is 0 Å². The second kappa shape index (κ2) is 7.16. The van der Waals surface area contributed by atoms with Crippen molar-refractivity contribution < 1.29 is 0 Å². The molecule has 0 spiro atoms. The molecule has 0 aromatic heterocycles. The van der Waals surface area contributed by atoms with Crippen LogP contribution in [0, 0.1) is 0 Å². The van der Waals surface area contributed by atoms with E-state index >= 15 is 0 Å². The largest absolute Gasteiger partial charge is 0.103 e. The normalized spacial score (nSPS) is 12.2. The van der Waals surface area contributed by atoms with Gasteiger partial charge in [-0.15, -0.1) is 6.58 Å². The fourth-order valence-electron chi connectivity index (χ4n) is 1.26. The van der Waals surface area contributed by atoms with E-state index in [1.165, 1.54) is 0 Å². The zero-order valence-electron chi connectivity index (χ0n) is 8.85. The summed E-state index contributed by atoms with van der Waals surface area (Å²) in [6.07, 6.45) is 4.89. The average Bonchev–Trinajstić information content (AvgIpc) is 2.29. The first-order valence-electron chi connectivity index (χ1n) is 5.06. The highest BCUT2D eigenvalue weighted by Gasteiger charge is 2.04. The van der Waals surface area contributed by atoms with Crippen molar-refractivity contribution in [3.05, 3.63) is 52.0 Å². The van der Waals surface area contributed by atoms with Gasteiger partial charge in [0.2, 0.25) is 0 Å². The highest BCUT2D eigenvalue weighted by atomic mass is 79.9. The third kappa shape index (κ3) is 4.32. The molecular formula is C13H13BrCl2. The van der Waals surface area contributed by atoms with Crippen LogP contribution in [0.15, 0.2) is 41.4 Å². The molecule has 0 saturated heterocycles. The molecule has 0 bridgehead atoms. The van der Waals surface area contributed by atoms with Crippen LogP contribution in [0.4, 0.5) is 0 Å². The molecule has 0 aliphatic rings. The lowest BCUT2D eigenvalue weighted by molar-refractivity contribution is 0.866. The fourth-order valence-corrected chi connectivity index (χ4v) is 2.12. The number of halogens is 3. The van der Waals surface area contributed by atoms with Crippen molar-refractivity contribution in [2.24, 2.45) is 0 Å². The van der Waals surface area contributed by atoms with Crippen LogP contribution >= 0.6 is 39.1 Å². The molecular weight excluding hydrogens is 307 g/mol. The van der Waals surface area contributed by atoms with Gasteiger partial charge in [0, 0.05) is 9.51 Å². The predicted molar refractivity (Wildman–Crippen MR) is 77.2 cm³/mol.